The first kappa shape index (κ1) is 12.1. The molecule has 0 saturated carbocycles. The molecule has 0 bridgehead atoms. The Bertz CT molecular complexity index is 598. The van der Waals surface area contributed by atoms with Gasteiger partial charge in [0.2, 0.25) is 0 Å². The fourth-order valence-corrected chi connectivity index (χ4v) is 2.83. The maximum atomic E-state index is 12.8. The summed E-state index contributed by atoms with van der Waals surface area (Å²) >= 11 is 0. The zero-order valence-electron chi connectivity index (χ0n) is 10.2. The molecule has 2 amide bonds. The van der Waals surface area contributed by atoms with E-state index in [4.69, 9.17) is 0 Å². The van der Waals surface area contributed by atoms with Gasteiger partial charge in [-0.1, -0.05) is 18.2 Å². The molecule has 0 radical (unpaired) electrons. The summed E-state index contributed by atoms with van der Waals surface area (Å²) in [6, 6.07) is 6.24. The molecule has 1 aromatic carbocycles. The monoisotopic (exact) mass is 261 g/mol. The van der Waals surface area contributed by atoms with Crippen LogP contribution >= 0.6 is 0 Å². The molecule has 98 valence electrons. The minimum absolute atomic E-state index is 0.0417. The smallest absolute Gasteiger partial charge is 0.433 e. The van der Waals surface area contributed by atoms with E-state index in [1.807, 2.05) is 0 Å². The van der Waals surface area contributed by atoms with Crippen molar-refractivity contribution in [1.29, 1.82) is 0 Å². The molecule has 19 heavy (non-hydrogen) atoms. The fraction of sp³-hybridized carbons (Fsp3) is 0.385. The molecule has 2 heterocycles. The molecule has 2 aliphatic rings. The van der Waals surface area contributed by atoms with Crippen LogP contribution in [0.3, 0.4) is 0 Å². The Morgan fingerprint density at radius 1 is 1.26 bits per heavy atom. The van der Waals surface area contributed by atoms with Crippen molar-refractivity contribution in [3.63, 3.8) is 0 Å². The van der Waals surface area contributed by atoms with Crippen molar-refractivity contribution >= 4 is 11.8 Å². The topological polar surface area (TPSA) is 77.3 Å². The summed E-state index contributed by atoms with van der Waals surface area (Å²) in [5.41, 5.74) is 1.16. The van der Waals surface area contributed by atoms with Gasteiger partial charge >= 0.3 is 11.8 Å². The number of quaternary nitrogens is 1. The number of benzene rings is 1. The second kappa shape index (κ2) is 4.04. The van der Waals surface area contributed by atoms with Crippen LogP contribution in [0.15, 0.2) is 24.3 Å². The zero-order chi connectivity index (χ0) is 13.6. The summed E-state index contributed by atoms with van der Waals surface area (Å²) in [4.78, 5) is 34.8. The van der Waals surface area contributed by atoms with Crippen molar-refractivity contribution in [2.45, 2.75) is 25.4 Å². The lowest BCUT2D eigenvalue weighted by Crippen LogP contribution is -2.56. The molecule has 1 saturated heterocycles. The Labute approximate surface area is 109 Å². The predicted octanol–water partition coefficient (Wildman–Crippen LogP) is 1.12. The number of carbonyl (C=O) groups excluding carboxylic acids is 2. The highest BCUT2D eigenvalue weighted by atomic mass is 16.6. The molecule has 2 atom stereocenters. The van der Waals surface area contributed by atoms with E-state index in [9.17, 15) is 19.7 Å². The number of fused-ring (bicyclic) bond motifs is 1. The van der Waals surface area contributed by atoms with Crippen molar-refractivity contribution in [2.24, 2.45) is 0 Å². The number of nitrogens with zero attached hydrogens (tertiary/aromatic N) is 2. The maximum Gasteiger partial charge on any atom is 0.433 e. The van der Waals surface area contributed by atoms with E-state index in [-0.39, 0.29) is 19.5 Å². The Balaban J connectivity index is 1.92. The van der Waals surface area contributed by atoms with Crippen molar-refractivity contribution in [3.05, 3.63) is 45.5 Å². The highest BCUT2D eigenvalue weighted by Crippen LogP contribution is 2.34. The molecule has 3 rings (SSSR count). The minimum Gasteiger partial charge on any atom is -0.624 e. The third-order valence-corrected chi connectivity index (χ3v) is 3.93. The summed E-state index contributed by atoms with van der Waals surface area (Å²) in [5, 5.41) is 12.8. The molecule has 1 aromatic rings. The summed E-state index contributed by atoms with van der Waals surface area (Å²) in [7, 11) is 0. The van der Waals surface area contributed by atoms with Gasteiger partial charge in [-0.2, -0.15) is 0 Å². The summed E-state index contributed by atoms with van der Waals surface area (Å²) in [6.45, 7) is -0.135. The Hall–Kier alpha value is -1.92. The number of piperidine rings is 1. The van der Waals surface area contributed by atoms with Gasteiger partial charge in [-0.15, -0.1) is 0 Å². The molecule has 0 spiro atoms. The third-order valence-electron chi connectivity index (χ3n) is 3.93. The Morgan fingerprint density at radius 3 is 2.68 bits per heavy atom. The van der Waals surface area contributed by atoms with Crippen molar-refractivity contribution in [2.75, 3.05) is 6.54 Å². The average Bonchev–Trinajstić information content (AvgIpc) is 2.67. The molecular weight excluding hydrogens is 248 g/mol. The van der Waals surface area contributed by atoms with Crippen molar-refractivity contribution < 1.29 is 19.0 Å². The highest BCUT2D eigenvalue weighted by Gasteiger charge is 2.50. The van der Waals surface area contributed by atoms with Gasteiger partial charge < -0.3 is 5.21 Å². The third kappa shape index (κ3) is 1.72. The van der Waals surface area contributed by atoms with Crippen molar-refractivity contribution in [3.8, 4) is 0 Å². The lowest BCUT2D eigenvalue weighted by atomic mass is 10.0. The van der Waals surface area contributed by atoms with E-state index in [2.05, 4.69) is 0 Å². The summed E-state index contributed by atoms with van der Waals surface area (Å²) in [6.07, 6.45) is 0.334. The van der Waals surface area contributed by atoms with E-state index in [1.165, 1.54) is 0 Å². The predicted molar refractivity (Wildman–Crippen MR) is 64.6 cm³/mol. The van der Waals surface area contributed by atoms with Crippen LogP contribution in [0.5, 0.6) is 0 Å². The number of nitroso groups, excluding NO2 is 1. The van der Waals surface area contributed by atoms with Gasteiger partial charge in [0, 0.05) is 16.9 Å². The maximum absolute atomic E-state index is 12.8. The average molecular weight is 261 g/mol. The Kier molecular flexibility index (Phi) is 2.58. The standard InChI is InChI=1S/C13H13N2O4/c16-12-6-5-10(7-14(12)18)15(19)8-9-3-1-2-4-11(9)13(15)17/h1-4,10H,5-8H2/q+1. The Morgan fingerprint density at radius 2 is 2.00 bits per heavy atom. The first-order valence-corrected chi connectivity index (χ1v) is 6.21. The van der Waals surface area contributed by atoms with Gasteiger partial charge in [-0.25, -0.2) is 9.59 Å². The second-order valence-electron chi connectivity index (χ2n) is 5.06. The number of amides is 2. The first-order valence-electron chi connectivity index (χ1n) is 6.21. The molecule has 0 aliphatic carbocycles. The van der Waals surface area contributed by atoms with Gasteiger partial charge in [0.15, 0.2) is 6.04 Å². The minimum atomic E-state index is -1.04. The van der Waals surface area contributed by atoms with Crippen LogP contribution in [0.25, 0.3) is 0 Å². The van der Waals surface area contributed by atoms with Crippen molar-refractivity contribution in [1.82, 2.24) is 0 Å². The van der Waals surface area contributed by atoms with E-state index in [0.717, 1.165) is 5.56 Å². The van der Waals surface area contributed by atoms with E-state index in [1.54, 1.807) is 24.3 Å². The quantitative estimate of drug-likeness (QED) is 0.431. The van der Waals surface area contributed by atoms with Crippen LogP contribution in [0.2, 0.25) is 0 Å². The number of hydrogen-bond donors (Lipinski definition) is 0. The number of hydrogen-bond acceptors (Lipinski definition) is 4. The van der Waals surface area contributed by atoms with Crippen LogP contribution in [0.1, 0.15) is 28.8 Å². The largest absolute Gasteiger partial charge is 0.624 e. The van der Waals surface area contributed by atoms with Crippen LogP contribution in [0, 0.1) is 10.1 Å². The fourth-order valence-electron chi connectivity index (χ4n) is 2.83. The van der Waals surface area contributed by atoms with Gasteiger partial charge in [-0.05, 0) is 6.07 Å². The van der Waals surface area contributed by atoms with Gasteiger partial charge in [0.1, 0.15) is 6.54 Å². The van der Waals surface area contributed by atoms with Crippen LogP contribution in [-0.2, 0) is 11.3 Å². The van der Waals surface area contributed by atoms with Gasteiger partial charge in [0.25, 0.3) is 6.54 Å². The van der Waals surface area contributed by atoms with Crippen LogP contribution in [0.4, 0.5) is 0 Å². The van der Waals surface area contributed by atoms with Crippen LogP contribution < -0.4 is 0 Å². The lowest BCUT2D eigenvalue weighted by Gasteiger charge is -2.41. The SMILES string of the molecule is O=C1CCC([N+]2([O-])Cc3ccccc3C2=O)C[N+]1=O. The van der Waals surface area contributed by atoms with E-state index < -0.39 is 22.5 Å². The van der Waals surface area contributed by atoms with Gasteiger partial charge in [0.05, 0.1) is 16.7 Å². The number of rotatable bonds is 1. The molecular formula is C13H13N2O4+. The van der Waals surface area contributed by atoms with Crippen LogP contribution in [-0.4, -0.2) is 33.8 Å². The number of hydroxylamine groups is 3. The molecule has 6 heteroatoms. The normalized spacial score (nSPS) is 30.6. The molecule has 2 unspecified atom stereocenters. The molecule has 0 N–H and O–H groups in total. The highest BCUT2D eigenvalue weighted by molar-refractivity contribution is 5.93. The summed E-state index contributed by atoms with van der Waals surface area (Å²) < 4.78 is -0.728. The lowest BCUT2D eigenvalue weighted by molar-refractivity contribution is -0.846. The molecule has 2 aliphatic heterocycles. The first-order chi connectivity index (χ1) is 9.02. The molecule has 0 aromatic heterocycles. The van der Waals surface area contributed by atoms with E-state index in [0.29, 0.717) is 16.7 Å². The van der Waals surface area contributed by atoms with Gasteiger partial charge in [-0.3, -0.25) is 4.65 Å². The second-order valence-corrected chi connectivity index (χ2v) is 5.06. The zero-order valence-corrected chi connectivity index (χ0v) is 10.2. The molecule has 1 fully saturated rings. The summed E-state index contributed by atoms with van der Waals surface area (Å²) in [5.74, 6) is -1.00. The molecule has 6 nitrogen and oxygen atoms in total. The number of carbonyl (C=O) groups is 2. The van der Waals surface area contributed by atoms with E-state index >= 15 is 0 Å².